The number of likely N-dealkylation sites (tertiary alicyclic amines) is 1. The summed E-state index contributed by atoms with van der Waals surface area (Å²) in [4.78, 5) is 20.8. The molecule has 2 aromatic rings. The van der Waals surface area contributed by atoms with Gasteiger partial charge in [0.1, 0.15) is 11.5 Å². The molecule has 0 radical (unpaired) electrons. The third-order valence-electron chi connectivity index (χ3n) is 6.69. The zero-order chi connectivity index (χ0) is 26.0. The SMILES string of the molecule is CC(C)(C)ONC(=O)CC1(S(=O)(=O)c2ccc(Oc3ccc(Cl)cc3)cc2)CCN(CC2CC2)CC1. The molecule has 9 heteroatoms. The fourth-order valence-electron chi connectivity index (χ4n) is 4.46. The van der Waals surface area contributed by atoms with Gasteiger partial charge in [-0.05, 0) is 114 Å². The number of benzene rings is 2. The molecular formula is C27H35ClN2O5S. The Balaban J connectivity index is 1.52. The highest BCUT2D eigenvalue weighted by Gasteiger charge is 2.48. The summed E-state index contributed by atoms with van der Waals surface area (Å²) in [6, 6.07) is 13.3. The summed E-state index contributed by atoms with van der Waals surface area (Å²) in [6.07, 6.45) is 3.14. The monoisotopic (exact) mass is 534 g/mol. The van der Waals surface area contributed by atoms with Crippen LogP contribution in [0.2, 0.25) is 5.02 Å². The number of hydroxylamine groups is 1. The number of carbonyl (C=O) groups excluding carboxylic acids is 1. The van der Waals surface area contributed by atoms with E-state index < -0.39 is 26.1 Å². The van der Waals surface area contributed by atoms with Crippen molar-refractivity contribution in [3.05, 3.63) is 53.6 Å². The quantitative estimate of drug-likeness (QED) is 0.434. The van der Waals surface area contributed by atoms with Crippen molar-refractivity contribution < 1.29 is 22.8 Å². The van der Waals surface area contributed by atoms with Gasteiger partial charge in [0.25, 0.3) is 0 Å². The predicted octanol–water partition coefficient (Wildman–Crippen LogP) is 5.39. The van der Waals surface area contributed by atoms with Gasteiger partial charge in [-0.15, -0.1) is 0 Å². The van der Waals surface area contributed by atoms with Gasteiger partial charge in [-0.25, -0.2) is 13.9 Å². The Bertz CT molecular complexity index is 1150. The fourth-order valence-corrected chi connectivity index (χ4v) is 6.62. The van der Waals surface area contributed by atoms with Gasteiger partial charge in [0.15, 0.2) is 9.84 Å². The number of hydrogen-bond acceptors (Lipinski definition) is 6. The van der Waals surface area contributed by atoms with Crippen molar-refractivity contribution in [2.45, 2.75) is 68.1 Å². The van der Waals surface area contributed by atoms with Crippen LogP contribution in [-0.2, 0) is 19.5 Å². The number of piperidine rings is 1. The molecule has 1 saturated carbocycles. The lowest BCUT2D eigenvalue weighted by molar-refractivity contribution is -0.146. The molecule has 1 heterocycles. The first-order chi connectivity index (χ1) is 17.0. The number of halogens is 1. The van der Waals surface area contributed by atoms with E-state index in [9.17, 15) is 13.2 Å². The fraction of sp³-hybridized carbons (Fsp3) is 0.519. The molecular weight excluding hydrogens is 500 g/mol. The van der Waals surface area contributed by atoms with Gasteiger partial charge in [-0.1, -0.05) is 11.6 Å². The van der Waals surface area contributed by atoms with Gasteiger partial charge in [0.2, 0.25) is 5.91 Å². The lowest BCUT2D eigenvalue weighted by atomic mass is 9.92. The van der Waals surface area contributed by atoms with Gasteiger partial charge in [0.05, 0.1) is 15.2 Å². The molecule has 0 unspecified atom stereocenters. The molecule has 1 amide bonds. The Kier molecular flexibility index (Phi) is 8.00. The summed E-state index contributed by atoms with van der Waals surface area (Å²) >= 11 is 5.93. The first-order valence-electron chi connectivity index (χ1n) is 12.4. The second-order valence-electron chi connectivity index (χ2n) is 10.9. The van der Waals surface area contributed by atoms with Crippen molar-refractivity contribution in [2.75, 3.05) is 19.6 Å². The summed E-state index contributed by atoms with van der Waals surface area (Å²) in [5.74, 6) is 1.42. The van der Waals surface area contributed by atoms with Gasteiger partial charge < -0.3 is 9.64 Å². The van der Waals surface area contributed by atoms with E-state index in [1.54, 1.807) is 48.5 Å². The van der Waals surface area contributed by atoms with E-state index in [1.165, 1.54) is 12.8 Å². The Morgan fingerprint density at radius 3 is 2.11 bits per heavy atom. The maximum atomic E-state index is 14.0. The van der Waals surface area contributed by atoms with Crippen molar-refractivity contribution >= 4 is 27.3 Å². The Morgan fingerprint density at radius 2 is 1.58 bits per heavy atom. The molecule has 2 fully saturated rings. The first-order valence-corrected chi connectivity index (χ1v) is 14.3. The van der Waals surface area contributed by atoms with Crippen molar-refractivity contribution in [1.29, 1.82) is 0 Å². The molecule has 2 aromatic carbocycles. The molecule has 4 rings (SSSR count). The molecule has 1 saturated heterocycles. The molecule has 2 aliphatic rings. The molecule has 1 N–H and O–H groups in total. The van der Waals surface area contributed by atoms with Crippen molar-refractivity contribution in [1.82, 2.24) is 10.4 Å². The van der Waals surface area contributed by atoms with E-state index in [1.807, 2.05) is 20.8 Å². The number of nitrogens with zero attached hydrogens (tertiary/aromatic N) is 1. The molecule has 36 heavy (non-hydrogen) atoms. The van der Waals surface area contributed by atoms with E-state index >= 15 is 0 Å². The lowest BCUT2D eigenvalue weighted by Gasteiger charge is -2.41. The zero-order valence-corrected chi connectivity index (χ0v) is 22.7. The summed E-state index contributed by atoms with van der Waals surface area (Å²) in [5, 5.41) is 0.606. The maximum absolute atomic E-state index is 14.0. The minimum Gasteiger partial charge on any atom is -0.457 e. The number of amides is 1. The minimum atomic E-state index is -3.82. The van der Waals surface area contributed by atoms with Crippen LogP contribution in [0, 0.1) is 5.92 Å². The van der Waals surface area contributed by atoms with Gasteiger partial charge >= 0.3 is 0 Å². The molecule has 7 nitrogen and oxygen atoms in total. The van der Waals surface area contributed by atoms with Crippen LogP contribution in [0.4, 0.5) is 0 Å². The third-order valence-corrected chi connectivity index (χ3v) is 9.53. The van der Waals surface area contributed by atoms with E-state index in [4.69, 9.17) is 21.2 Å². The number of nitrogens with one attached hydrogen (secondary N) is 1. The van der Waals surface area contributed by atoms with E-state index in [0.29, 0.717) is 42.5 Å². The van der Waals surface area contributed by atoms with Gasteiger partial charge in [-0.2, -0.15) is 0 Å². The zero-order valence-electron chi connectivity index (χ0n) is 21.1. The summed E-state index contributed by atoms with van der Waals surface area (Å²) in [5.41, 5.74) is 1.89. The van der Waals surface area contributed by atoms with Crippen molar-refractivity contribution in [3.63, 3.8) is 0 Å². The Hall–Kier alpha value is -2.13. The summed E-state index contributed by atoms with van der Waals surface area (Å²) in [7, 11) is -3.82. The number of hydrogen-bond donors (Lipinski definition) is 1. The summed E-state index contributed by atoms with van der Waals surface area (Å²) < 4.78 is 32.6. The largest absolute Gasteiger partial charge is 0.457 e. The number of rotatable bonds is 9. The highest BCUT2D eigenvalue weighted by atomic mass is 35.5. The minimum absolute atomic E-state index is 0.147. The molecule has 1 aliphatic carbocycles. The highest BCUT2D eigenvalue weighted by molar-refractivity contribution is 7.92. The molecule has 0 aromatic heterocycles. The Morgan fingerprint density at radius 1 is 1.03 bits per heavy atom. The van der Waals surface area contributed by atoms with Crippen LogP contribution in [0.5, 0.6) is 11.5 Å². The topological polar surface area (TPSA) is 84.9 Å². The van der Waals surface area contributed by atoms with E-state index in [2.05, 4.69) is 10.4 Å². The predicted molar refractivity (Wildman–Crippen MR) is 140 cm³/mol. The van der Waals surface area contributed by atoms with E-state index in [0.717, 1.165) is 12.5 Å². The van der Waals surface area contributed by atoms with Gasteiger partial charge in [-0.3, -0.25) is 9.63 Å². The van der Waals surface area contributed by atoms with Crippen LogP contribution in [0.1, 0.15) is 52.9 Å². The first kappa shape index (κ1) is 26.9. The molecule has 0 bridgehead atoms. The van der Waals surface area contributed by atoms with Gasteiger partial charge in [0, 0.05) is 18.0 Å². The average Bonchev–Trinajstić information content (AvgIpc) is 3.64. The average molecular weight is 535 g/mol. The van der Waals surface area contributed by atoms with E-state index in [-0.39, 0.29) is 11.3 Å². The summed E-state index contributed by atoms with van der Waals surface area (Å²) in [6.45, 7) is 7.78. The standard InChI is InChI=1S/C27H35ClN2O5S/c1-26(2,3)35-29-25(31)18-27(14-16-30(17-15-27)19-20-4-5-20)36(32,33)24-12-10-23(11-13-24)34-22-8-6-21(28)7-9-22/h6-13,20H,4-5,14-19H2,1-3H3,(H,29,31). The van der Waals surface area contributed by atoms with Crippen LogP contribution >= 0.6 is 11.6 Å². The normalized spacial score (nSPS) is 18.6. The second-order valence-corrected chi connectivity index (χ2v) is 13.7. The lowest BCUT2D eigenvalue weighted by Crippen LogP contribution is -2.52. The van der Waals surface area contributed by atoms with Crippen molar-refractivity contribution in [2.24, 2.45) is 5.92 Å². The second kappa shape index (κ2) is 10.7. The van der Waals surface area contributed by atoms with Crippen molar-refractivity contribution in [3.8, 4) is 11.5 Å². The van der Waals surface area contributed by atoms with Crippen LogP contribution in [-0.4, -0.2) is 49.2 Å². The molecule has 1 aliphatic heterocycles. The highest BCUT2D eigenvalue weighted by Crippen LogP contribution is 2.40. The molecule has 0 spiro atoms. The number of carbonyl (C=O) groups is 1. The Labute approximate surface area is 219 Å². The van der Waals surface area contributed by atoms with Crippen LogP contribution in [0.15, 0.2) is 53.4 Å². The van der Waals surface area contributed by atoms with Crippen LogP contribution in [0.3, 0.4) is 0 Å². The molecule has 196 valence electrons. The molecule has 0 atom stereocenters. The van der Waals surface area contributed by atoms with Crippen LogP contribution < -0.4 is 10.2 Å². The number of sulfone groups is 1. The smallest absolute Gasteiger partial charge is 0.245 e. The maximum Gasteiger partial charge on any atom is 0.245 e. The third kappa shape index (κ3) is 6.79. The number of ether oxygens (including phenoxy) is 1. The van der Waals surface area contributed by atoms with Crippen LogP contribution in [0.25, 0.3) is 0 Å².